The number of hydrogen-bond acceptors (Lipinski definition) is 5. The zero-order valence-corrected chi connectivity index (χ0v) is 19.4. The number of nitrogens with two attached hydrogens (primary N) is 1. The Morgan fingerprint density at radius 3 is 2.56 bits per heavy atom. The van der Waals surface area contributed by atoms with Crippen molar-refractivity contribution >= 4 is 35.3 Å². The van der Waals surface area contributed by atoms with Gasteiger partial charge in [0.1, 0.15) is 17.9 Å². The van der Waals surface area contributed by atoms with Crippen molar-refractivity contribution in [3.8, 4) is 16.9 Å². The number of ether oxygens (including phenoxy) is 1. The predicted molar refractivity (Wildman–Crippen MR) is 132 cm³/mol. The maximum Gasteiger partial charge on any atom is 0.307 e. The number of carbonyl (C=O) groups is 2. The molecule has 34 heavy (non-hydrogen) atoms. The van der Waals surface area contributed by atoms with E-state index in [9.17, 15) is 9.59 Å². The third-order valence-corrected chi connectivity index (χ3v) is 5.31. The second kappa shape index (κ2) is 10.9. The molecule has 0 spiro atoms. The molecule has 1 heterocycles. The van der Waals surface area contributed by atoms with E-state index < -0.39 is 5.97 Å². The lowest BCUT2D eigenvalue weighted by Gasteiger charge is -2.12. The van der Waals surface area contributed by atoms with Crippen LogP contribution < -0.4 is 15.8 Å². The summed E-state index contributed by atoms with van der Waals surface area (Å²) in [6.45, 7) is 0.623. The van der Waals surface area contributed by atoms with Gasteiger partial charge in [0, 0.05) is 30.1 Å². The summed E-state index contributed by atoms with van der Waals surface area (Å²) in [7, 11) is 1.55. The lowest BCUT2D eigenvalue weighted by atomic mass is 9.99. The van der Waals surface area contributed by atoms with Crippen molar-refractivity contribution < 1.29 is 23.8 Å². The third kappa shape index (κ3) is 5.39. The predicted octanol–water partition coefficient (Wildman–Crippen LogP) is 4.55. The van der Waals surface area contributed by atoms with Crippen molar-refractivity contribution in [1.29, 1.82) is 0 Å². The highest BCUT2D eigenvalue weighted by atomic mass is 35.5. The fourth-order valence-corrected chi connectivity index (χ4v) is 3.73. The molecule has 0 fully saturated rings. The SMILES string of the molecule is CNC(=O)c1cc2cc(COc3ccccc3CC(=O)O)cc(-c3cccc(CN)c3)c2o1.Cl. The van der Waals surface area contributed by atoms with E-state index in [0.29, 0.717) is 23.4 Å². The zero-order chi connectivity index (χ0) is 23.4. The number of halogens is 1. The van der Waals surface area contributed by atoms with Crippen LogP contribution in [0.2, 0.25) is 0 Å². The minimum Gasteiger partial charge on any atom is -0.489 e. The first-order valence-corrected chi connectivity index (χ1v) is 10.5. The monoisotopic (exact) mass is 480 g/mol. The molecule has 0 unspecified atom stereocenters. The largest absolute Gasteiger partial charge is 0.489 e. The summed E-state index contributed by atoms with van der Waals surface area (Å²) < 4.78 is 11.9. The molecule has 3 aromatic carbocycles. The molecule has 0 aliphatic rings. The first kappa shape index (κ1) is 24.8. The first-order chi connectivity index (χ1) is 16.0. The molecule has 0 saturated carbocycles. The molecule has 1 amide bonds. The van der Waals surface area contributed by atoms with Gasteiger partial charge in [-0.15, -0.1) is 12.4 Å². The van der Waals surface area contributed by atoms with Crippen LogP contribution in [0.1, 0.15) is 27.2 Å². The van der Waals surface area contributed by atoms with Crippen molar-refractivity contribution in [1.82, 2.24) is 5.32 Å². The van der Waals surface area contributed by atoms with Gasteiger partial charge in [-0.2, -0.15) is 0 Å². The van der Waals surface area contributed by atoms with E-state index in [2.05, 4.69) is 5.32 Å². The Morgan fingerprint density at radius 2 is 1.82 bits per heavy atom. The number of carbonyl (C=O) groups excluding carboxylic acids is 1. The second-order valence-electron chi connectivity index (χ2n) is 7.62. The summed E-state index contributed by atoms with van der Waals surface area (Å²) in [5, 5.41) is 12.5. The molecular formula is C26H25ClN2O5. The van der Waals surface area contributed by atoms with Crippen molar-refractivity contribution in [2.45, 2.75) is 19.6 Å². The maximum atomic E-state index is 12.2. The van der Waals surface area contributed by atoms with Crippen LogP contribution in [-0.2, 0) is 24.4 Å². The summed E-state index contributed by atoms with van der Waals surface area (Å²) in [4.78, 5) is 23.3. The number of furan rings is 1. The molecule has 0 radical (unpaired) electrons. The Balaban J connectivity index is 0.00000324. The molecule has 8 heteroatoms. The molecule has 4 aromatic rings. The van der Waals surface area contributed by atoms with Gasteiger partial charge in [-0.3, -0.25) is 9.59 Å². The number of carboxylic acid groups (broad SMARTS) is 1. The Kier molecular flexibility index (Phi) is 7.94. The first-order valence-electron chi connectivity index (χ1n) is 10.5. The molecule has 176 valence electrons. The highest BCUT2D eigenvalue weighted by Gasteiger charge is 2.17. The van der Waals surface area contributed by atoms with E-state index in [4.69, 9.17) is 20.0 Å². The van der Waals surface area contributed by atoms with Crippen LogP contribution >= 0.6 is 12.4 Å². The van der Waals surface area contributed by atoms with Gasteiger partial charge in [-0.25, -0.2) is 0 Å². The van der Waals surface area contributed by atoms with Gasteiger partial charge in [-0.1, -0.05) is 36.4 Å². The molecular weight excluding hydrogens is 456 g/mol. The van der Waals surface area contributed by atoms with Crippen LogP contribution in [0.15, 0.2) is 71.1 Å². The molecule has 0 aliphatic heterocycles. The standard InChI is InChI=1S/C26H24N2O5.ClH/c1-28-26(31)23-12-20-10-17(15-32-22-8-3-2-6-19(22)13-24(29)30)11-21(25(20)33-23)18-7-4-5-16(9-18)14-27;/h2-12H,13-15,27H2,1H3,(H,28,31)(H,29,30);1H. The Bertz CT molecular complexity index is 1330. The van der Waals surface area contributed by atoms with Crippen molar-refractivity contribution in [3.63, 3.8) is 0 Å². The topological polar surface area (TPSA) is 115 Å². The van der Waals surface area contributed by atoms with Gasteiger partial charge < -0.3 is 25.3 Å². The van der Waals surface area contributed by atoms with Crippen LogP contribution in [-0.4, -0.2) is 24.0 Å². The van der Waals surface area contributed by atoms with Crippen LogP contribution in [0.5, 0.6) is 5.75 Å². The summed E-state index contributed by atoms with van der Waals surface area (Å²) in [6, 6.07) is 20.5. The van der Waals surface area contributed by atoms with Gasteiger partial charge in [0.05, 0.1) is 6.42 Å². The number of carboxylic acids is 1. The second-order valence-corrected chi connectivity index (χ2v) is 7.62. The van der Waals surface area contributed by atoms with E-state index in [-0.39, 0.29) is 37.1 Å². The molecule has 4 N–H and O–H groups in total. The number of fused-ring (bicyclic) bond motifs is 1. The smallest absolute Gasteiger partial charge is 0.307 e. The summed E-state index contributed by atoms with van der Waals surface area (Å²) in [6.07, 6.45) is -0.121. The molecule has 0 bridgehead atoms. The van der Waals surface area contributed by atoms with Gasteiger partial charge in [0.15, 0.2) is 5.76 Å². The lowest BCUT2D eigenvalue weighted by Crippen LogP contribution is -2.16. The fraction of sp³-hybridized carbons (Fsp3) is 0.154. The van der Waals surface area contributed by atoms with Crippen LogP contribution in [0.25, 0.3) is 22.1 Å². The van der Waals surface area contributed by atoms with Crippen molar-refractivity contribution in [2.75, 3.05) is 7.05 Å². The highest BCUT2D eigenvalue weighted by Crippen LogP contribution is 2.34. The van der Waals surface area contributed by atoms with E-state index in [1.54, 1.807) is 37.4 Å². The summed E-state index contributed by atoms with van der Waals surface area (Å²) in [5.41, 5.74) is 10.6. The van der Waals surface area contributed by atoms with E-state index in [0.717, 1.165) is 27.6 Å². The number of para-hydroxylation sites is 1. The van der Waals surface area contributed by atoms with Gasteiger partial charge in [0.25, 0.3) is 5.91 Å². The van der Waals surface area contributed by atoms with Crippen LogP contribution in [0, 0.1) is 0 Å². The van der Waals surface area contributed by atoms with E-state index in [1.807, 2.05) is 36.4 Å². The maximum absolute atomic E-state index is 12.2. The van der Waals surface area contributed by atoms with Gasteiger partial charge >= 0.3 is 5.97 Å². The minimum absolute atomic E-state index is 0. The number of rotatable bonds is 8. The third-order valence-electron chi connectivity index (χ3n) is 5.31. The van der Waals surface area contributed by atoms with Crippen molar-refractivity contribution in [2.24, 2.45) is 5.73 Å². The summed E-state index contributed by atoms with van der Waals surface area (Å²) >= 11 is 0. The van der Waals surface area contributed by atoms with Gasteiger partial charge in [0.2, 0.25) is 0 Å². The minimum atomic E-state index is -0.922. The Labute approximate surface area is 202 Å². The lowest BCUT2D eigenvalue weighted by molar-refractivity contribution is -0.136. The van der Waals surface area contributed by atoms with Gasteiger partial charge in [-0.05, 0) is 47.0 Å². The van der Waals surface area contributed by atoms with Crippen LogP contribution in [0.3, 0.4) is 0 Å². The van der Waals surface area contributed by atoms with Crippen molar-refractivity contribution in [3.05, 3.63) is 89.2 Å². The molecule has 7 nitrogen and oxygen atoms in total. The number of aliphatic carboxylic acids is 1. The van der Waals surface area contributed by atoms with E-state index >= 15 is 0 Å². The molecule has 0 saturated heterocycles. The Morgan fingerprint density at radius 1 is 1.03 bits per heavy atom. The average Bonchev–Trinajstić information content (AvgIpc) is 3.26. The fourth-order valence-electron chi connectivity index (χ4n) is 3.73. The average molecular weight is 481 g/mol. The molecule has 1 aromatic heterocycles. The number of benzene rings is 3. The Hall–Kier alpha value is -3.81. The zero-order valence-electron chi connectivity index (χ0n) is 18.5. The summed E-state index contributed by atoms with van der Waals surface area (Å²) in [5.74, 6) is -0.499. The number of nitrogens with one attached hydrogen (secondary N) is 1. The normalized spacial score (nSPS) is 10.5. The van der Waals surface area contributed by atoms with Crippen LogP contribution in [0.4, 0.5) is 0 Å². The number of amides is 1. The molecule has 4 rings (SSSR count). The molecule has 0 atom stereocenters. The number of hydrogen-bond donors (Lipinski definition) is 3. The quantitative estimate of drug-likeness (QED) is 0.341. The van der Waals surface area contributed by atoms with E-state index in [1.165, 1.54) is 0 Å². The molecule has 0 aliphatic carbocycles. The highest BCUT2D eigenvalue weighted by molar-refractivity contribution is 6.00.